The number of rotatable bonds is 10. The largest absolute Gasteiger partial charge is 0.482 e. The number of hydrogen-bond donors (Lipinski definition) is 2. The molecule has 6 nitrogen and oxygen atoms in total. The van der Waals surface area contributed by atoms with Crippen molar-refractivity contribution in [3.8, 4) is 5.75 Å². The average Bonchev–Trinajstić information content (AvgIpc) is 3.06. The van der Waals surface area contributed by atoms with E-state index in [1.54, 1.807) is 0 Å². The van der Waals surface area contributed by atoms with E-state index >= 15 is 0 Å². The SMILES string of the molecule is CC[C@@H](CC[C@@H]1[C@H]2Cc3cccc(OCC(=O)O)c3C[C@H]2C[C@H]1O)OC(=O)[C@@H](C)CC. The smallest absolute Gasteiger partial charge is 0.341 e. The molecule has 0 amide bonds. The van der Waals surface area contributed by atoms with Crippen molar-refractivity contribution in [1.82, 2.24) is 0 Å². The second-order valence-electron chi connectivity index (χ2n) is 9.23. The van der Waals surface area contributed by atoms with Crippen LogP contribution in [-0.2, 0) is 27.2 Å². The van der Waals surface area contributed by atoms with Crippen LogP contribution in [0.15, 0.2) is 18.2 Å². The summed E-state index contributed by atoms with van der Waals surface area (Å²) in [5, 5.41) is 19.8. The molecule has 0 bridgehead atoms. The molecule has 0 unspecified atom stereocenters. The molecule has 172 valence electrons. The number of esters is 1. The standard InChI is InChI=1S/C25H36O6/c1-4-15(3)25(29)31-18(5-2)9-10-19-20-11-16-7-6-8-23(30-14-24(27)28)21(16)12-17(20)13-22(19)26/h6-8,15,17-20,22,26H,4-5,9-14H2,1-3H3,(H,27,28)/t15-,17-,18-,19+,20-,22+/m0/s1. The van der Waals surface area contributed by atoms with E-state index < -0.39 is 5.97 Å². The van der Waals surface area contributed by atoms with Gasteiger partial charge in [-0.15, -0.1) is 0 Å². The van der Waals surface area contributed by atoms with Crippen molar-refractivity contribution in [2.75, 3.05) is 6.61 Å². The minimum absolute atomic E-state index is 0.0807. The Balaban J connectivity index is 1.65. The van der Waals surface area contributed by atoms with Gasteiger partial charge in [0, 0.05) is 0 Å². The van der Waals surface area contributed by atoms with Crippen LogP contribution in [0.25, 0.3) is 0 Å². The number of fused-ring (bicyclic) bond motifs is 2. The molecule has 31 heavy (non-hydrogen) atoms. The Kier molecular flexibility index (Phi) is 7.98. The molecule has 6 heteroatoms. The maximum Gasteiger partial charge on any atom is 0.341 e. The third kappa shape index (κ3) is 5.59. The van der Waals surface area contributed by atoms with Gasteiger partial charge in [-0.2, -0.15) is 0 Å². The molecule has 1 aromatic rings. The second kappa shape index (κ2) is 10.5. The lowest BCUT2D eigenvalue weighted by atomic mass is 9.73. The first-order chi connectivity index (χ1) is 14.8. The van der Waals surface area contributed by atoms with Gasteiger partial charge in [0.15, 0.2) is 6.61 Å². The fourth-order valence-corrected chi connectivity index (χ4v) is 5.25. The maximum atomic E-state index is 12.2. The summed E-state index contributed by atoms with van der Waals surface area (Å²) in [6, 6.07) is 5.84. The monoisotopic (exact) mass is 432 g/mol. The predicted octanol–water partition coefficient (Wildman–Crippen LogP) is 4.01. The first-order valence-electron chi connectivity index (χ1n) is 11.7. The van der Waals surface area contributed by atoms with E-state index in [9.17, 15) is 14.7 Å². The van der Waals surface area contributed by atoms with Crippen molar-refractivity contribution in [2.45, 2.75) is 77.9 Å². The van der Waals surface area contributed by atoms with Crippen LogP contribution in [-0.4, -0.2) is 41.0 Å². The number of carbonyl (C=O) groups is 2. The number of ether oxygens (including phenoxy) is 2. The number of carboxylic acids is 1. The zero-order chi connectivity index (χ0) is 22.5. The lowest BCUT2D eigenvalue weighted by Crippen LogP contribution is -2.29. The van der Waals surface area contributed by atoms with Gasteiger partial charge in [0.2, 0.25) is 0 Å². The molecule has 0 radical (unpaired) electrons. The van der Waals surface area contributed by atoms with Crippen LogP contribution >= 0.6 is 0 Å². The van der Waals surface area contributed by atoms with Crippen molar-refractivity contribution < 1.29 is 29.3 Å². The number of carbonyl (C=O) groups excluding carboxylic acids is 1. The number of aliphatic hydroxyl groups is 1. The van der Waals surface area contributed by atoms with Gasteiger partial charge in [-0.05, 0) is 79.9 Å². The summed E-state index contributed by atoms with van der Waals surface area (Å²) in [6.45, 7) is 5.58. The van der Waals surface area contributed by atoms with Crippen LogP contribution in [0.3, 0.4) is 0 Å². The highest BCUT2D eigenvalue weighted by atomic mass is 16.5. The number of benzene rings is 1. The summed E-state index contributed by atoms with van der Waals surface area (Å²) >= 11 is 0. The van der Waals surface area contributed by atoms with Crippen LogP contribution in [0.1, 0.15) is 64.0 Å². The molecule has 0 aliphatic heterocycles. The van der Waals surface area contributed by atoms with E-state index in [-0.39, 0.29) is 36.6 Å². The van der Waals surface area contributed by atoms with Gasteiger partial charge < -0.3 is 19.7 Å². The van der Waals surface area contributed by atoms with Crippen LogP contribution in [0.4, 0.5) is 0 Å². The minimum atomic E-state index is -0.984. The van der Waals surface area contributed by atoms with Crippen molar-refractivity contribution in [2.24, 2.45) is 23.7 Å². The van der Waals surface area contributed by atoms with E-state index in [1.165, 1.54) is 5.56 Å². The van der Waals surface area contributed by atoms with Crippen LogP contribution < -0.4 is 4.74 Å². The Morgan fingerprint density at radius 1 is 1.19 bits per heavy atom. The molecule has 6 atom stereocenters. The zero-order valence-electron chi connectivity index (χ0n) is 18.9. The normalized spacial score (nSPS) is 26.5. The van der Waals surface area contributed by atoms with Gasteiger partial charge in [0.25, 0.3) is 0 Å². The average molecular weight is 433 g/mol. The molecular formula is C25H36O6. The summed E-state index contributed by atoms with van der Waals surface area (Å²) in [5.74, 6) is 0.409. The predicted molar refractivity (Wildman–Crippen MR) is 117 cm³/mol. The number of carboxylic acid groups (broad SMARTS) is 1. The molecule has 1 fully saturated rings. The van der Waals surface area contributed by atoms with E-state index in [0.29, 0.717) is 17.6 Å². The molecule has 2 N–H and O–H groups in total. The van der Waals surface area contributed by atoms with E-state index in [1.807, 2.05) is 32.9 Å². The summed E-state index contributed by atoms with van der Waals surface area (Å²) in [4.78, 5) is 23.1. The summed E-state index contributed by atoms with van der Waals surface area (Å²) < 4.78 is 11.2. The van der Waals surface area contributed by atoms with Gasteiger partial charge in [-0.25, -0.2) is 4.79 Å². The van der Waals surface area contributed by atoms with Crippen LogP contribution in [0, 0.1) is 23.7 Å². The van der Waals surface area contributed by atoms with E-state index in [0.717, 1.165) is 50.5 Å². The fourth-order valence-electron chi connectivity index (χ4n) is 5.25. The molecule has 2 aliphatic carbocycles. The molecule has 0 aromatic heterocycles. The third-order valence-electron chi connectivity index (χ3n) is 7.27. The first kappa shape index (κ1) is 23.6. The molecule has 3 rings (SSSR count). The molecule has 0 heterocycles. The Morgan fingerprint density at radius 3 is 2.65 bits per heavy atom. The van der Waals surface area contributed by atoms with Crippen LogP contribution in [0.5, 0.6) is 5.75 Å². The first-order valence-corrected chi connectivity index (χ1v) is 11.7. The Bertz CT molecular complexity index is 775. The Labute approximate surface area is 184 Å². The Morgan fingerprint density at radius 2 is 1.97 bits per heavy atom. The third-order valence-corrected chi connectivity index (χ3v) is 7.27. The highest BCUT2D eigenvalue weighted by Crippen LogP contribution is 2.48. The van der Waals surface area contributed by atoms with Gasteiger partial charge >= 0.3 is 11.9 Å². The van der Waals surface area contributed by atoms with E-state index in [4.69, 9.17) is 14.6 Å². The van der Waals surface area contributed by atoms with Gasteiger partial charge in [0.1, 0.15) is 11.9 Å². The van der Waals surface area contributed by atoms with Gasteiger partial charge in [0.05, 0.1) is 12.0 Å². The number of aliphatic carboxylic acids is 1. The summed E-state index contributed by atoms with van der Waals surface area (Å²) in [5.41, 5.74) is 2.28. The van der Waals surface area contributed by atoms with Gasteiger partial charge in [-0.3, -0.25) is 4.79 Å². The zero-order valence-corrected chi connectivity index (χ0v) is 18.9. The Hall–Kier alpha value is -2.08. The molecule has 1 aromatic carbocycles. The second-order valence-corrected chi connectivity index (χ2v) is 9.23. The summed E-state index contributed by atoms with van der Waals surface area (Å²) in [7, 11) is 0. The maximum absolute atomic E-state index is 12.2. The van der Waals surface area contributed by atoms with Crippen molar-refractivity contribution in [1.29, 1.82) is 0 Å². The lowest BCUT2D eigenvalue weighted by Gasteiger charge is -2.32. The molecule has 0 spiro atoms. The molecule has 2 aliphatic rings. The minimum Gasteiger partial charge on any atom is -0.482 e. The van der Waals surface area contributed by atoms with Crippen molar-refractivity contribution in [3.63, 3.8) is 0 Å². The fraction of sp³-hybridized carbons (Fsp3) is 0.680. The molecular weight excluding hydrogens is 396 g/mol. The highest BCUT2D eigenvalue weighted by Gasteiger charge is 2.45. The quantitative estimate of drug-likeness (QED) is 0.543. The number of hydrogen-bond acceptors (Lipinski definition) is 5. The molecule has 1 saturated carbocycles. The van der Waals surface area contributed by atoms with Crippen molar-refractivity contribution in [3.05, 3.63) is 29.3 Å². The van der Waals surface area contributed by atoms with Gasteiger partial charge in [-0.1, -0.05) is 32.9 Å². The van der Waals surface area contributed by atoms with Crippen molar-refractivity contribution >= 4 is 11.9 Å². The highest BCUT2D eigenvalue weighted by molar-refractivity contribution is 5.72. The molecule has 0 saturated heterocycles. The lowest BCUT2D eigenvalue weighted by molar-refractivity contribution is -0.154. The topological polar surface area (TPSA) is 93.1 Å². The van der Waals surface area contributed by atoms with Crippen LogP contribution in [0.2, 0.25) is 0 Å². The summed E-state index contributed by atoms with van der Waals surface area (Å²) in [6.07, 6.45) is 5.17. The van der Waals surface area contributed by atoms with E-state index in [2.05, 4.69) is 6.07 Å². The number of aliphatic hydroxyl groups excluding tert-OH is 1.